The molecular formula is C21H19F3N2O4. The second-order valence-corrected chi connectivity index (χ2v) is 7.10. The Bertz CT molecular complexity index is 1040. The van der Waals surface area contributed by atoms with Crippen molar-refractivity contribution in [1.29, 1.82) is 0 Å². The first-order chi connectivity index (χ1) is 14.3. The lowest BCUT2D eigenvalue weighted by Crippen LogP contribution is -2.55. The molecule has 0 aliphatic carbocycles. The van der Waals surface area contributed by atoms with Gasteiger partial charge in [0.25, 0.3) is 0 Å². The molecule has 1 aliphatic heterocycles. The molecule has 0 saturated carbocycles. The van der Waals surface area contributed by atoms with E-state index in [4.69, 9.17) is 9.47 Å². The zero-order valence-corrected chi connectivity index (χ0v) is 15.8. The molecule has 0 bridgehead atoms. The Morgan fingerprint density at radius 2 is 1.77 bits per heavy atom. The average molecular weight is 420 g/mol. The topological polar surface area (TPSA) is 84.7 Å². The first-order valence-corrected chi connectivity index (χ1v) is 9.32. The number of para-hydroxylation sites is 1. The van der Waals surface area contributed by atoms with E-state index >= 15 is 0 Å². The third kappa shape index (κ3) is 3.83. The fourth-order valence-electron chi connectivity index (χ4n) is 3.57. The maximum absolute atomic E-state index is 13.0. The lowest BCUT2D eigenvalue weighted by Gasteiger charge is -2.41. The minimum absolute atomic E-state index is 0.331. The maximum Gasteiger partial charge on any atom is 0.433 e. The van der Waals surface area contributed by atoms with Crippen LogP contribution in [-0.2, 0) is 10.9 Å². The summed E-state index contributed by atoms with van der Waals surface area (Å²) in [6, 6.07) is 12.2. The molecule has 1 fully saturated rings. The van der Waals surface area contributed by atoms with E-state index in [1.165, 1.54) is 6.07 Å². The van der Waals surface area contributed by atoms with Gasteiger partial charge in [-0.3, -0.25) is 4.98 Å². The van der Waals surface area contributed by atoms with E-state index in [1.807, 2.05) is 18.2 Å². The smallest absolute Gasteiger partial charge is 0.433 e. The number of benzene rings is 1. The molecule has 2 N–H and O–H groups in total. The van der Waals surface area contributed by atoms with Crippen LogP contribution in [0.5, 0.6) is 5.88 Å². The number of halogens is 3. The maximum atomic E-state index is 13.0. The van der Waals surface area contributed by atoms with Crippen LogP contribution in [0.25, 0.3) is 10.9 Å². The number of rotatable bonds is 3. The monoisotopic (exact) mass is 420 g/mol. The van der Waals surface area contributed by atoms with Gasteiger partial charge >= 0.3 is 6.18 Å². The van der Waals surface area contributed by atoms with Crippen LogP contribution in [-0.4, -0.2) is 44.6 Å². The van der Waals surface area contributed by atoms with Crippen molar-refractivity contribution < 1.29 is 32.9 Å². The number of pyridine rings is 2. The van der Waals surface area contributed by atoms with Crippen LogP contribution in [0.2, 0.25) is 0 Å². The lowest BCUT2D eigenvalue weighted by atomic mass is 9.90. The lowest BCUT2D eigenvalue weighted by molar-refractivity contribution is -0.213. The van der Waals surface area contributed by atoms with Crippen LogP contribution in [0.4, 0.5) is 13.2 Å². The minimum atomic E-state index is -4.64. The summed E-state index contributed by atoms with van der Waals surface area (Å²) in [6.07, 6.45) is -8.57. The summed E-state index contributed by atoms with van der Waals surface area (Å²) in [5.74, 6) is -0.331. The number of aliphatic hydroxyl groups is 2. The highest BCUT2D eigenvalue weighted by molar-refractivity contribution is 5.82. The van der Waals surface area contributed by atoms with Gasteiger partial charge in [-0.05, 0) is 30.7 Å². The quantitative estimate of drug-likeness (QED) is 0.677. The highest BCUT2D eigenvalue weighted by Gasteiger charge is 2.46. The summed E-state index contributed by atoms with van der Waals surface area (Å²) in [5.41, 5.74) is 0.198. The Morgan fingerprint density at radius 1 is 1.00 bits per heavy atom. The molecule has 0 radical (unpaired) electrons. The SMILES string of the molecule is C[C@H]1O[C@H](c2ccnc3ccccc23)[C@H](Oc2cccc(C(F)(F)F)n2)[C@@H](O)[C@H]1O. The first-order valence-electron chi connectivity index (χ1n) is 9.32. The van der Waals surface area contributed by atoms with Gasteiger partial charge in [-0.1, -0.05) is 24.3 Å². The number of aromatic nitrogens is 2. The van der Waals surface area contributed by atoms with Crippen molar-refractivity contribution in [2.75, 3.05) is 0 Å². The summed E-state index contributed by atoms with van der Waals surface area (Å²) in [6.45, 7) is 1.60. The number of hydrogen-bond acceptors (Lipinski definition) is 6. The Labute approximate surface area is 169 Å². The zero-order valence-electron chi connectivity index (χ0n) is 15.8. The highest BCUT2D eigenvalue weighted by atomic mass is 19.4. The molecule has 0 unspecified atom stereocenters. The van der Waals surface area contributed by atoms with Gasteiger partial charge in [0.15, 0.2) is 6.10 Å². The molecule has 158 valence electrons. The molecule has 3 heterocycles. The summed E-state index contributed by atoms with van der Waals surface area (Å²) >= 11 is 0. The molecule has 1 saturated heterocycles. The van der Waals surface area contributed by atoms with Gasteiger partial charge in [-0.15, -0.1) is 0 Å². The molecule has 1 aliphatic rings. The molecule has 1 aromatic carbocycles. The van der Waals surface area contributed by atoms with Gasteiger partial charge in [0, 0.05) is 17.6 Å². The number of nitrogens with zero attached hydrogens (tertiary/aromatic N) is 2. The molecule has 0 spiro atoms. The van der Waals surface area contributed by atoms with Crippen molar-refractivity contribution in [2.45, 2.75) is 43.6 Å². The molecule has 0 amide bonds. The Balaban J connectivity index is 1.75. The molecule has 9 heteroatoms. The summed E-state index contributed by atoms with van der Waals surface area (Å²) in [7, 11) is 0. The van der Waals surface area contributed by atoms with Crippen molar-refractivity contribution in [1.82, 2.24) is 9.97 Å². The molecule has 4 rings (SSSR count). The van der Waals surface area contributed by atoms with E-state index in [-0.39, 0.29) is 5.88 Å². The van der Waals surface area contributed by atoms with Crippen LogP contribution >= 0.6 is 0 Å². The number of hydrogen-bond donors (Lipinski definition) is 2. The van der Waals surface area contributed by atoms with E-state index < -0.39 is 42.4 Å². The second-order valence-electron chi connectivity index (χ2n) is 7.10. The number of aliphatic hydroxyl groups excluding tert-OH is 2. The minimum Gasteiger partial charge on any atom is -0.468 e. The van der Waals surface area contributed by atoms with E-state index in [2.05, 4.69) is 9.97 Å². The fourth-order valence-corrected chi connectivity index (χ4v) is 3.57. The van der Waals surface area contributed by atoms with Gasteiger partial charge in [-0.2, -0.15) is 13.2 Å². The number of alkyl halides is 3. The zero-order chi connectivity index (χ0) is 21.5. The molecule has 6 nitrogen and oxygen atoms in total. The molecular weight excluding hydrogens is 401 g/mol. The van der Waals surface area contributed by atoms with Crippen molar-refractivity contribution >= 4 is 10.9 Å². The standard InChI is InChI=1S/C21H19F3N2O4/c1-11-17(27)18(28)20(30-16-8-4-7-15(26-16)21(22,23)24)19(29-11)13-9-10-25-14-6-3-2-5-12(13)14/h2-11,17-20,27-28H,1H3/t11-,17+,18+,19-,20-/m1/s1. The van der Waals surface area contributed by atoms with Gasteiger partial charge in [0.2, 0.25) is 5.88 Å². The second kappa shape index (κ2) is 7.82. The largest absolute Gasteiger partial charge is 0.468 e. The predicted molar refractivity (Wildman–Crippen MR) is 101 cm³/mol. The van der Waals surface area contributed by atoms with Crippen LogP contribution in [0.3, 0.4) is 0 Å². The summed E-state index contributed by atoms with van der Waals surface area (Å²) in [5, 5.41) is 21.7. The van der Waals surface area contributed by atoms with Crippen LogP contribution in [0, 0.1) is 0 Å². The van der Waals surface area contributed by atoms with Gasteiger partial charge in [0.05, 0.1) is 11.6 Å². The predicted octanol–water partition coefficient (Wildman–Crippen LogP) is 3.28. The van der Waals surface area contributed by atoms with Crippen molar-refractivity contribution in [3.63, 3.8) is 0 Å². The third-order valence-electron chi connectivity index (χ3n) is 5.09. The van der Waals surface area contributed by atoms with Crippen molar-refractivity contribution in [2.24, 2.45) is 0 Å². The number of ether oxygens (including phenoxy) is 2. The summed E-state index contributed by atoms with van der Waals surface area (Å²) < 4.78 is 50.6. The number of fused-ring (bicyclic) bond motifs is 1. The Hall–Kier alpha value is -2.75. The van der Waals surface area contributed by atoms with Crippen LogP contribution in [0.15, 0.2) is 54.7 Å². The highest BCUT2D eigenvalue weighted by Crippen LogP contribution is 2.38. The van der Waals surface area contributed by atoms with E-state index in [9.17, 15) is 23.4 Å². The van der Waals surface area contributed by atoms with E-state index in [1.54, 1.807) is 25.3 Å². The van der Waals surface area contributed by atoms with E-state index in [0.717, 1.165) is 17.5 Å². The Kier molecular flexibility index (Phi) is 5.35. The van der Waals surface area contributed by atoms with Crippen molar-refractivity contribution in [3.8, 4) is 5.88 Å². The molecule has 30 heavy (non-hydrogen) atoms. The van der Waals surface area contributed by atoms with E-state index in [0.29, 0.717) is 11.1 Å². The third-order valence-corrected chi connectivity index (χ3v) is 5.09. The van der Waals surface area contributed by atoms with Gasteiger partial charge < -0.3 is 19.7 Å². The fraction of sp³-hybridized carbons (Fsp3) is 0.333. The van der Waals surface area contributed by atoms with Gasteiger partial charge in [-0.25, -0.2) is 4.98 Å². The molecule has 2 aromatic heterocycles. The molecule has 3 aromatic rings. The van der Waals surface area contributed by atoms with Crippen LogP contribution in [0.1, 0.15) is 24.3 Å². The average Bonchev–Trinajstić information content (AvgIpc) is 2.73. The normalized spacial score (nSPS) is 27.2. The van der Waals surface area contributed by atoms with Gasteiger partial charge in [0.1, 0.15) is 24.0 Å². The van der Waals surface area contributed by atoms with Crippen molar-refractivity contribution in [3.05, 3.63) is 66.0 Å². The molecule has 5 atom stereocenters. The Morgan fingerprint density at radius 3 is 2.53 bits per heavy atom. The first kappa shape index (κ1) is 20.5. The van der Waals surface area contributed by atoms with Crippen LogP contribution < -0.4 is 4.74 Å². The summed E-state index contributed by atoms with van der Waals surface area (Å²) in [4.78, 5) is 7.79.